The zero-order valence-electron chi connectivity index (χ0n) is 13.2. The normalized spacial score (nSPS) is 16.5. The number of ketones is 1. The predicted molar refractivity (Wildman–Crippen MR) is 89.9 cm³/mol. The van der Waals surface area contributed by atoms with Gasteiger partial charge in [0.05, 0.1) is 6.57 Å². The first-order valence-electron chi connectivity index (χ1n) is 7.97. The number of Topliss-reactive ketones (excluding diaryl/α,β-unsaturated/α-hetero) is 1. The molecule has 3 rings (SSSR count). The fourth-order valence-corrected chi connectivity index (χ4v) is 3.01. The first kappa shape index (κ1) is 15.3. The molecule has 0 aromatic heterocycles. The average Bonchev–Trinajstić information content (AvgIpc) is 2.60. The molecule has 0 radical (unpaired) electrons. The Kier molecular flexibility index (Phi) is 4.43. The Labute approximate surface area is 136 Å². The Morgan fingerprint density at radius 2 is 2.00 bits per heavy atom. The van der Waals surface area contributed by atoms with Crippen molar-refractivity contribution in [2.75, 3.05) is 0 Å². The molecule has 0 aliphatic heterocycles. The fourth-order valence-electron chi connectivity index (χ4n) is 3.01. The van der Waals surface area contributed by atoms with Crippen LogP contribution in [0.15, 0.2) is 42.5 Å². The smallest absolute Gasteiger partial charge is 0.187 e. The van der Waals surface area contributed by atoms with Crippen LogP contribution in [0.1, 0.15) is 41.3 Å². The van der Waals surface area contributed by atoms with Crippen LogP contribution in [0.5, 0.6) is 5.75 Å². The van der Waals surface area contributed by atoms with Crippen LogP contribution in [0, 0.1) is 12.5 Å². The van der Waals surface area contributed by atoms with Crippen molar-refractivity contribution in [2.24, 2.45) is 5.92 Å². The summed E-state index contributed by atoms with van der Waals surface area (Å²) in [6.45, 7) is 9.48. The molecule has 3 heteroatoms. The zero-order valence-corrected chi connectivity index (χ0v) is 13.2. The van der Waals surface area contributed by atoms with Crippen molar-refractivity contribution in [1.29, 1.82) is 0 Å². The summed E-state index contributed by atoms with van der Waals surface area (Å²) in [5, 5.41) is 0. The molecule has 116 valence electrons. The highest BCUT2D eigenvalue weighted by Crippen LogP contribution is 2.30. The monoisotopic (exact) mass is 305 g/mol. The lowest BCUT2D eigenvalue weighted by atomic mass is 9.81. The summed E-state index contributed by atoms with van der Waals surface area (Å²) in [5.74, 6) is 1.24. The Morgan fingerprint density at radius 3 is 2.70 bits per heavy atom. The summed E-state index contributed by atoms with van der Waals surface area (Å²) in [6.07, 6.45) is 2.79. The van der Waals surface area contributed by atoms with Crippen molar-refractivity contribution in [3.8, 4) is 5.75 Å². The summed E-state index contributed by atoms with van der Waals surface area (Å²) in [7, 11) is 0. The number of fused-ring (bicyclic) bond motifs is 1. The van der Waals surface area contributed by atoms with Gasteiger partial charge < -0.3 is 4.74 Å². The molecule has 1 atom stereocenters. The van der Waals surface area contributed by atoms with E-state index in [0.29, 0.717) is 12.3 Å². The first-order chi connectivity index (χ1) is 11.2. The SMILES string of the molecule is [C-]#[N+]c1ccc(COc2ccc3c(c2)CCC(CC)C3=O)cc1. The molecule has 0 amide bonds. The molecular formula is C20H19NO2. The second-order valence-electron chi connectivity index (χ2n) is 5.89. The van der Waals surface area contributed by atoms with Crippen LogP contribution >= 0.6 is 0 Å². The van der Waals surface area contributed by atoms with E-state index in [1.54, 1.807) is 12.1 Å². The molecular weight excluding hydrogens is 286 g/mol. The molecule has 1 unspecified atom stereocenters. The Hall–Kier alpha value is -2.60. The van der Waals surface area contributed by atoms with Crippen LogP contribution in [0.3, 0.4) is 0 Å². The molecule has 0 saturated carbocycles. The summed E-state index contributed by atoms with van der Waals surface area (Å²) in [4.78, 5) is 15.7. The molecule has 23 heavy (non-hydrogen) atoms. The Bertz CT molecular complexity index is 756. The number of rotatable bonds is 4. The standard InChI is InChI=1S/C20H19NO2/c1-3-15-6-7-16-12-18(10-11-19(16)20(15)22)23-13-14-4-8-17(21-2)9-5-14/h4-5,8-12,15H,3,6-7,13H2,1H3. The number of hydrogen-bond donors (Lipinski definition) is 0. The van der Waals surface area contributed by atoms with Gasteiger partial charge in [-0.15, -0.1) is 0 Å². The topological polar surface area (TPSA) is 30.7 Å². The summed E-state index contributed by atoms with van der Waals surface area (Å²) in [5.41, 5.74) is 3.61. The molecule has 0 fully saturated rings. The summed E-state index contributed by atoms with van der Waals surface area (Å²) < 4.78 is 5.83. The molecule has 0 bridgehead atoms. The molecule has 2 aromatic carbocycles. The minimum absolute atomic E-state index is 0.176. The largest absolute Gasteiger partial charge is 0.489 e. The summed E-state index contributed by atoms with van der Waals surface area (Å²) >= 11 is 0. The van der Waals surface area contributed by atoms with Crippen LogP contribution in [0.4, 0.5) is 5.69 Å². The summed E-state index contributed by atoms with van der Waals surface area (Å²) in [6, 6.07) is 13.2. The zero-order chi connectivity index (χ0) is 16.2. The quantitative estimate of drug-likeness (QED) is 0.746. The number of carbonyl (C=O) groups is 1. The van der Waals surface area contributed by atoms with Crippen molar-refractivity contribution in [1.82, 2.24) is 0 Å². The molecule has 1 aliphatic rings. The van der Waals surface area contributed by atoms with Crippen molar-refractivity contribution < 1.29 is 9.53 Å². The number of hydrogen-bond acceptors (Lipinski definition) is 2. The third-order valence-electron chi connectivity index (χ3n) is 4.44. The highest BCUT2D eigenvalue weighted by atomic mass is 16.5. The van der Waals surface area contributed by atoms with E-state index in [9.17, 15) is 4.79 Å². The van der Waals surface area contributed by atoms with Gasteiger partial charge in [-0.3, -0.25) is 4.79 Å². The van der Waals surface area contributed by atoms with E-state index in [1.165, 1.54) is 0 Å². The number of aryl methyl sites for hydroxylation is 1. The first-order valence-corrected chi connectivity index (χ1v) is 7.97. The molecule has 1 aliphatic carbocycles. The molecule has 0 heterocycles. The van der Waals surface area contributed by atoms with Gasteiger partial charge in [0.15, 0.2) is 11.5 Å². The van der Waals surface area contributed by atoms with E-state index >= 15 is 0 Å². The van der Waals surface area contributed by atoms with Crippen molar-refractivity contribution >= 4 is 11.5 Å². The second kappa shape index (κ2) is 6.66. The van der Waals surface area contributed by atoms with Gasteiger partial charge in [-0.05, 0) is 48.6 Å². The number of ether oxygens (including phenoxy) is 1. The van der Waals surface area contributed by atoms with Crippen LogP contribution in [0.25, 0.3) is 4.85 Å². The van der Waals surface area contributed by atoms with Crippen LogP contribution in [0.2, 0.25) is 0 Å². The average molecular weight is 305 g/mol. The fraction of sp³-hybridized carbons (Fsp3) is 0.300. The van der Waals surface area contributed by atoms with E-state index < -0.39 is 0 Å². The van der Waals surface area contributed by atoms with Gasteiger partial charge in [-0.1, -0.05) is 31.2 Å². The van der Waals surface area contributed by atoms with Gasteiger partial charge in [-0.2, -0.15) is 0 Å². The third kappa shape index (κ3) is 3.27. The van der Waals surface area contributed by atoms with E-state index in [-0.39, 0.29) is 11.7 Å². The number of carbonyl (C=O) groups excluding carboxylic acids is 1. The molecule has 0 N–H and O–H groups in total. The van der Waals surface area contributed by atoms with Gasteiger partial charge in [0, 0.05) is 11.5 Å². The Balaban J connectivity index is 1.70. The lowest BCUT2D eigenvalue weighted by Crippen LogP contribution is -2.21. The molecule has 3 nitrogen and oxygen atoms in total. The molecule has 2 aromatic rings. The van der Waals surface area contributed by atoms with Gasteiger partial charge in [0.25, 0.3) is 0 Å². The lowest BCUT2D eigenvalue weighted by molar-refractivity contribution is 0.0898. The van der Waals surface area contributed by atoms with Gasteiger partial charge in [0.1, 0.15) is 12.4 Å². The van der Waals surface area contributed by atoms with Crippen molar-refractivity contribution in [3.63, 3.8) is 0 Å². The minimum Gasteiger partial charge on any atom is -0.489 e. The van der Waals surface area contributed by atoms with Crippen molar-refractivity contribution in [3.05, 3.63) is 70.6 Å². The second-order valence-corrected chi connectivity index (χ2v) is 5.89. The molecule has 0 saturated heterocycles. The van der Waals surface area contributed by atoms with Crippen LogP contribution < -0.4 is 4.74 Å². The van der Waals surface area contributed by atoms with Gasteiger partial charge >= 0.3 is 0 Å². The maximum absolute atomic E-state index is 12.3. The maximum atomic E-state index is 12.3. The van der Waals surface area contributed by atoms with E-state index in [2.05, 4.69) is 11.8 Å². The maximum Gasteiger partial charge on any atom is 0.187 e. The number of benzene rings is 2. The highest BCUT2D eigenvalue weighted by Gasteiger charge is 2.26. The third-order valence-corrected chi connectivity index (χ3v) is 4.44. The van der Waals surface area contributed by atoms with E-state index in [4.69, 9.17) is 11.3 Å². The van der Waals surface area contributed by atoms with Crippen LogP contribution in [-0.4, -0.2) is 5.78 Å². The van der Waals surface area contributed by atoms with E-state index in [1.807, 2.05) is 30.3 Å². The minimum atomic E-state index is 0.176. The highest BCUT2D eigenvalue weighted by molar-refractivity contribution is 6.00. The van der Waals surface area contributed by atoms with Gasteiger partial charge in [0.2, 0.25) is 0 Å². The lowest BCUT2D eigenvalue weighted by Gasteiger charge is -2.22. The Morgan fingerprint density at radius 1 is 1.22 bits per heavy atom. The molecule has 0 spiro atoms. The van der Waals surface area contributed by atoms with Crippen LogP contribution in [-0.2, 0) is 13.0 Å². The number of nitrogens with zero attached hydrogens (tertiary/aromatic N) is 1. The predicted octanol–water partition coefficient (Wildman–Crippen LogP) is 4.97. The van der Waals surface area contributed by atoms with E-state index in [0.717, 1.165) is 41.7 Å². The van der Waals surface area contributed by atoms with Crippen molar-refractivity contribution in [2.45, 2.75) is 32.8 Å². The van der Waals surface area contributed by atoms with Gasteiger partial charge in [-0.25, -0.2) is 4.85 Å².